The van der Waals surface area contributed by atoms with Crippen LogP contribution in [0.1, 0.15) is 13.8 Å². The van der Waals surface area contributed by atoms with E-state index in [1.165, 1.54) is 11.1 Å². The van der Waals surface area contributed by atoms with Crippen molar-refractivity contribution in [2.75, 3.05) is 6.54 Å². The lowest BCUT2D eigenvalue weighted by Crippen LogP contribution is -2.42. The minimum atomic E-state index is -1.64. The highest BCUT2D eigenvalue weighted by Crippen LogP contribution is 2.26. The van der Waals surface area contributed by atoms with Gasteiger partial charge in [0.05, 0.1) is 6.10 Å². The van der Waals surface area contributed by atoms with Crippen LogP contribution in [0, 0.1) is 0 Å². The van der Waals surface area contributed by atoms with Crippen molar-refractivity contribution in [1.29, 1.82) is 0 Å². The molecule has 0 aromatic heterocycles. The molecule has 0 fully saturated rings. The Morgan fingerprint density at radius 3 is 2.78 bits per heavy atom. The highest BCUT2D eigenvalue weighted by atomic mass is 16.5. The minimum Gasteiger partial charge on any atom is -0.494 e. The number of carboxylic acid groups (broad SMARTS) is 1. The van der Waals surface area contributed by atoms with Crippen LogP contribution in [0.4, 0.5) is 0 Å². The Morgan fingerprint density at radius 2 is 2.17 bits per heavy atom. The number of nitrogens with one attached hydrogen (secondary N) is 1. The maximum absolute atomic E-state index is 11.9. The highest BCUT2D eigenvalue weighted by molar-refractivity contribution is 6.04. The fraction of sp³-hybridized carbons (Fsp3) is 0.357. The third kappa shape index (κ3) is 3.51. The third-order valence-electron chi connectivity index (χ3n) is 2.91. The summed E-state index contributed by atoms with van der Waals surface area (Å²) in [5, 5.41) is 30.9. The van der Waals surface area contributed by atoms with Gasteiger partial charge in [-0.25, -0.2) is 4.99 Å². The Kier molecular flexibility index (Phi) is 4.70. The van der Waals surface area contributed by atoms with Crippen LogP contribution in [-0.4, -0.2) is 56.8 Å². The molecule has 1 unspecified atom stereocenters. The van der Waals surface area contributed by atoms with E-state index in [1.807, 2.05) is 13.8 Å². The van der Waals surface area contributed by atoms with Gasteiger partial charge in [-0.2, -0.15) is 0 Å². The van der Waals surface area contributed by atoms with Crippen LogP contribution in [0.15, 0.2) is 40.6 Å². The zero-order chi connectivity index (χ0) is 17.1. The number of carbonyl (C=O) groups excluding carboxylic acids is 1. The summed E-state index contributed by atoms with van der Waals surface area (Å²) < 4.78 is 5.55. The van der Waals surface area contributed by atoms with E-state index in [0.29, 0.717) is 5.76 Å². The van der Waals surface area contributed by atoms with Gasteiger partial charge in [0.25, 0.3) is 5.91 Å². The Labute approximate surface area is 131 Å². The third-order valence-corrected chi connectivity index (χ3v) is 2.91. The summed E-state index contributed by atoms with van der Waals surface area (Å²) in [6.45, 7) is 2.98. The smallest absolute Gasteiger partial charge is 0.322 e. The minimum absolute atomic E-state index is 0.152. The van der Waals surface area contributed by atoms with Crippen LogP contribution in [0.5, 0.6) is 0 Å². The van der Waals surface area contributed by atoms with Gasteiger partial charge < -0.3 is 25.4 Å². The molecular formula is C14H17N3O6. The monoisotopic (exact) mass is 323 g/mol. The van der Waals surface area contributed by atoms with Crippen molar-refractivity contribution in [3.8, 4) is 0 Å². The van der Waals surface area contributed by atoms with Gasteiger partial charge >= 0.3 is 5.97 Å². The Hall–Kier alpha value is -2.81. The molecule has 0 bridgehead atoms. The quantitative estimate of drug-likeness (QED) is 0.552. The summed E-state index contributed by atoms with van der Waals surface area (Å²) >= 11 is 0. The molecule has 2 aliphatic heterocycles. The fourth-order valence-corrected chi connectivity index (χ4v) is 2.02. The Balaban J connectivity index is 2.27. The molecule has 0 saturated heterocycles. The van der Waals surface area contributed by atoms with Crippen molar-refractivity contribution >= 4 is 17.7 Å². The normalized spacial score (nSPS) is 20.0. The molecule has 1 atom stereocenters. The first-order chi connectivity index (χ1) is 10.8. The lowest BCUT2D eigenvalue weighted by atomic mass is 10.1. The highest BCUT2D eigenvalue weighted by Gasteiger charge is 2.35. The fourth-order valence-electron chi connectivity index (χ4n) is 2.02. The summed E-state index contributed by atoms with van der Waals surface area (Å²) in [6.07, 6.45) is 2.85. The number of nitrogens with zero attached hydrogens (tertiary/aromatic N) is 2. The first-order valence-electron chi connectivity index (χ1n) is 6.85. The summed E-state index contributed by atoms with van der Waals surface area (Å²) in [5.41, 5.74) is -0.439. The van der Waals surface area contributed by atoms with Crippen molar-refractivity contribution in [2.24, 2.45) is 4.99 Å². The molecule has 0 aliphatic carbocycles. The maximum Gasteiger partial charge on any atom is 0.322 e. The van der Waals surface area contributed by atoms with Crippen LogP contribution in [0.3, 0.4) is 0 Å². The lowest BCUT2D eigenvalue weighted by molar-refractivity contribution is -0.137. The number of aliphatic hydroxyl groups excluding tert-OH is 2. The number of amidine groups is 1. The number of aliphatic imine (C=N–C) groups is 1. The first-order valence-corrected chi connectivity index (χ1v) is 6.85. The number of aliphatic carboxylic acids is 1. The van der Waals surface area contributed by atoms with E-state index in [1.54, 1.807) is 12.2 Å². The molecule has 1 amide bonds. The number of rotatable bonds is 5. The number of carboxylic acids is 1. The van der Waals surface area contributed by atoms with Crippen LogP contribution >= 0.6 is 0 Å². The molecule has 0 aromatic rings. The molecule has 2 rings (SSSR count). The van der Waals surface area contributed by atoms with Gasteiger partial charge in [0.15, 0.2) is 17.8 Å². The van der Waals surface area contributed by atoms with Gasteiger partial charge in [0, 0.05) is 6.20 Å². The summed E-state index contributed by atoms with van der Waals surface area (Å²) in [4.78, 5) is 27.6. The lowest BCUT2D eigenvalue weighted by Gasteiger charge is -2.32. The van der Waals surface area contributed by atoms with E-state index in [4.69, 9.17) is 9.84 Å². The maximum atomic E-state index is 11.9. The number of aliphatic hydroxyl groups is 2. The molecule has 23 heavy (non-hydrogen) atoms. The predicted octanol–water partition coefficient (Wildman–Crippen LogP) is -0.174. The molecule has 2 heterocycles. The van der Waals surface area contributed by atoms with E-state index in [2.05, 4.69) is 10.3 Å². The van der Waals surface area contributed by atoms with Crippen molar-refractivity contribution in [3.63, 3.8) is 0 Å². The van der Waals surface area contributed by atoms with Crippen molar-refractivity contribution in [3.05, 3.63) is 35.6 Å². The van der Waals surface area contributed by atoms with Gasteiger partial charge in [-0.15, -0.1) is 0 Å². The number of hydrogen-bond acceptors (Lipinski definition) is 7. The second kappa shape index (κ2) is 6.53. The number of allylic oxidation sites excluding steroid dienone is 2. The zero-order valence-electron chi connectivity index (χ0n) is 12.6. The van der Waals surface area contributed by atoms with Crippen LogP contribution in [0.25, 0.3) is 0 Å². The van der Waals surface area contributed by atoms with E-state index in [0.717, 1.165) is 0 Å². The summed E-state index contributed by atoms with van der Waals surface area (Å²) in [5.74, 6) is -2.23. The number of amides is 1. The van der Waals surface area contributed by atoms with E-state index in [-0.39, 0.29) is 11.9 Å². The van der Waals surface area contributed by atoms with Crippen molar-refractivity contribution in [1.82, 2.24) is 10.2 Å². The Morgan fingerprint density at radius 1 is 1.48 bits per heavy atom. The average Bonchev–Trinajstić information content (AvgIpc) is 2.45. The van der Waals surface area contributed by atoms with Gasteiger partial charge in [-0.05, 0) is 26.0 Å². The molecule has 0 saturated carbocycles. The van der Waals surface area contributed by atoms with Crippen LogP contribution in [0.2, 0.25) is 0 Å². The summed E-state index contributed by atoms with van der Waals surface area (Å²) in [6, 6.07) is 0. The van der Waals surface area contributed by atoms with Crippen LogP contribution in [-0.2, 0) is 14.3 Å². The summed E-state index contributed by atoms with van der Waals surface area (Å²) in [7, 11) is 0. The standard InChI is InChI=1S/C14H17N3O6/c1-7(2)23-8-4-3-5-17-11(8)16-13(21)10(14(17)22)12(20)15-6-9(18)19/h3-5,7,13,21-22H,6H2,1-2H3,(H,15,20)(H,18,19). The van der Waals surface area contributed by atoms with Gasteiger partial charge in [0.1, 0.15) is 12.1 Å². The topological polar surface area (TPSA) is 132 Å². The molecule has 0 spiro atoms. The molecule has 2 aliphatic rings. The number of fused-ring (bicyclic) bond motifs is 1. The second-order valence-corrected chi connectivity index (χ2v) is 5.05. The molecule has 4 N–H and O–H groups in total. The largest absolute Gasteiger partial charge is 0.494 e. The van der Waals surface area contributed by atoms with E-state index >= 15 is 0 Å². The molecular weight excluding hydrogens is 306 g/mol. The Bertz CT molecular complexity index is 647. The van der Waals surface area contributed by atoms with Gasteiger partial charge in [-0.1, -0.05) is 0 Å². The van der Waals surface area contributed by atoms with Crippen molar-refractivity contribution in [2.45, 2.75) is 26.2 Å². The van der Waals surface area contributed by atoms with E-state index < -0.39 is 36.1 Å². The number of carbonyl (C=O) groups is 2. The average molecular weight is 323 g/mol. The predicted molar refractivity (Wildman–Crippen MR) is 79.0 cm³/mol. The SMILES string of the molecule is CC(C)OC1=CC=CN2C1=NC(O)C(C(=O)NCC(=O)O)=C2O. The number of ether oxygens (including phenoxy) is 1. The zero-order valence-corrected chi connectivity index (χ0v) is 12.6. The van der Waals surface area contributed by atoms with E-state index in [9.17, 15) is 19.8 Å². The molecule has 0 aromatic carbocycles. The molecule has 9 nitrogen and oxygen atoms in total. The van der Waals surface area contributed by atoms with Gasteiger partial charge in [-0.3, -0.25) is 14.5 Å². The molecule has 124 valence electrons. The number of hydrogen-bond donors (Lipinski definition) is 4. The van der Waals surface area contributed by atoms with Crippen molar-refractivity contribution < 1.29 is 29.6 Å². The molecule has 0 radical (unpaired) electrons. The van der Waals surface area contributed by atoms with Crippen LogP contribution < -0.4 is 5.32 Å². The molecule has 9 heteroatoms. The first kappa shape index (κ1) is 16.6. The second-order valence-electron chi connectivity index (χ2n) is 5.05. The van der Waals surface area contributed by atoms with Gasteiger partial charge in [0.2, 0.25) is 5.88 Å².